The maximum absolute atomic E-state index is 11.6. The molecule has 1 fully saturated rings. The Hall–Kier alpha value is -1.07. The van der Waals surface area contributed by atoms with Crippen LogP contribution in [0.5, 0.6) is 0 Å². The summed E-state index contributed by atoms with van der Waals surface area (Å²) in [5.74, 6) is 0.519. The predicted molar refractivity (Wildman–Crippen MR) is 77.5 cm³/mol. The van der Waals surface area contributed by atoms with E-state index in [1.807, 2.05) is 5.38 Å². The fourth-order valence-corrected chi connectivity index (χ4v) is 3.06. The van der Waals surface area contributed by atoms with Crippen LogP contribution in [-0.2, 0) is 11.3 Å². The Bertz CT molecular complexity index is 411. The molecule has 2 rings (SSSR count). The molecule has 1 aromatic rings. The van der Waals surface area contributed by atoms with E-state index in [0.29, 0.717) is 19.1 Å². The molecule has 1 N–H and O–H groups in total. The number of carbonyl (C=O) groups is 1. The third-order valence-corrected chi connectivity index (χ3v) is 4.67. The van der Waals surface area contributed by atoms with Gasteiger partial charge in [0, 0.05) is 4.88 Å². The SMILES string of the molecule is Cc1ccsc1CNC(=O)OCC1CCN(C)CC1. The number of hydrogen-bond donors (Lipinski definition) is 1. The zero-order chi connectivity index (χ0) is 13.7. The lowest BCUT2D eigenvalue weighted by molar-refractivity contribution is 0.102. The third kappa shape index (κ3) is 4.51. The van der Waals surface area contributed by atoms with Crippen molar-refractivity contribution < 1.29 is 9.53 Å². The number of aryl methyl sites for hydroxylation is 1. The molecule has 4 nitrogen and oxygen atoms in total. The third-order valence-electron chi connectivity index (χ3n) is 3.65. The lowest BCUT2D eigenvalue weighted by Gasteiger charge is -2.28. The van der Waals surface area contributed by atoms with Crippen LogP contribution in [0.4, 0.5) is 4.79 Å². The number of nitrogens with zero attached hydrogens (tertiary/aromatic N) is 1. The van der Waals surface area contributed by atoms with Gasteiger partial charge in [0.2, 0.25) is 0 Å². The van der Waals surface area contributed by atoms with Gasteiger partial charge in [-0.25, -0.2) is 4.79 Å². The highest BCUT2D eigenvalue weighted by Gasteiger charge is 2.18. The van der Waals surface area contributed by atoms with Gasteiger partial charge in [-0.3, -0.25) is 0 Å². The van der Waals surface area contributed by atoms with Crippen LogP contribution >= 0.6 is 11.3 Å². The molecule has 1 amide bonds. The van der Waals surface area contributed by atoms with Crippen molar-refractivity contribution in [2.24, 2.45) is 5.92 Å². The first kappa shape index (κ1) is 14.3. The molecule has 0 aliphatic carbocycles. The van der Waals surface area contributed by atoms with E-state index in [-0.39, 0.29) is 6.09 Å². The minimum Gasteiger partial charge on any atom is -0.449 e. The van der Waals surface area contributed by atoms with Crippen molar-refractivity contribution >= 4 is 17.4 Å². The molecule has 1 aliphatic heterocycles. The number of rotatable bonds is 4. The molecule has 1 aliphatic rings. The molecule has 0 saturated carbocycles. The number of nitrogens with one attached hydrogen (secondary N) is 1. The molecule has 0 radical (unpaired) electrons. The molecule has 0 aromatic carbocycles. The summed E-state index contributed by atoms with van der Waals surface area (Å²) in [6.07, 6.45) is 1.94. The van der Waals surface area contributed by atoms with Crippen LogP contribution in [0.2, 0.25) is 0 Å². The van der Waals surface area contributed by atoms with Gasteiger partial charge in [0.25, 0.3) is 0 Å². The zero-order valence-corrected chi connectivity index (χ0v) is 12.5. The second kappa shape index (κ2) is 6.91. The van der Waals surface area contributed by atoms with E-state index in [1.54, 1.807) is 11.3 Å². The van der Waals surface area contributed by atoms with Gasteiger partial charge in [0.15, 0.2) is 0 Å². The van der Waals surface area contributed by atoms with Crippen molar-refractivity contribution in [1.82, 2.24) is 10.2 Å². The van der Waals surface area contributed by atoms with E-state index in [0.717, 1.165) is 25.9 Å². The molecule has 0 spiro atoms. The van der Waals surface area contributed by atoms with E-state index >= 15 is 0 Å². The summed E-state index contributed by atoms with van der Waals surface area (Å²) in [7, 11) is 2.13. The fourth-order valence-electron chi connectivity index (χ4n) is 2.21. The van der Waals surface area contributed by atoms with Gasteiger partial charge < -0.3 is 15.0 Å². The second-order valence-corrected chi connectivity index (χ2v) is 6.23. The molecule has 0 atom stereocenters. The van der Waals surface area contributed by atoms with Gasteiger partial charge >= 0.3 is 6.09 Å². The number of carbonyl (C=O) groups excluding carboxylic acids is 1. The van der Waals surface area contributed by atoms with Crippen molar-refractivity contribution in [2.45, 2.75) is 26.3 Å². The molecular formula is C14H22N2O2S. The second-order valence-electron chi connectivity index (χ2n) is 5.23. The maximum atomic E-state index is 11.6. The fraction of sp³-hybridized carbons (Fsp3) is 0.643. The summed E-state index contributed by atoms with van der Waals surface area (Å²) in [4.78, 5) is 15.1. The van der Waals surface area contributed by atoms with Gasteiger partial charge in [-0.15, -0.1) is 11.3 Å². The number of hydrogen-bond acceptors (Lipinski definition) is 4. The first-order valence-electron chi connectivity index (χ1n) is 6.77. The van der Waals surface area contributed by atoms with Crippen LogP contribution in [0.15, 0.2) is 11.4 Å². The highest BCUT2D eigenvalue weighted by Crippen LogP contribution is 2.17. The number of piperidine rings is 1. The molecule has 0 unspecified atom stereocenters. The normalized spacial score (nSPS) is 17.4. The quantitative estimate of drug-likeness (QED) is 0.923. The van der Waals surface area contributed by atoms with E-state index in [9.17, 15) is 4.79 Å². The first-order valence-corrected chi connectivity index (χ1v) is 7.65. The van der Waals surface area contributed by atoms with Gasteiger partial charge in [0.05, 0.1) is 13.2 Å². The Kier molecular flexibility index (Phi) is 5.22. The number of amides is 1. The topological polar surface area (TPSA) is 41.6 Å². The standard InChI is InChI=1S/C14H22N2O2S/c1-11-5-8-19-13(11)9-15-14(17)18-10-12-3-6-16(2)7-4-12/h5,8,12H,3-4,6-7,9-10H2,1-2H3,(H,15,17). The minimum atomic E-state index is -0.299. The van der Waals surface area contributed by atoms with Gasteiger partial charge in [-0.1, -0.05) is 0 Å². The Labute approximate surface area is 118 Å². The molecule has 1 aromatic heterocycles. The average Bonchev–Trinajstić information content (AvgIpc) is 2.81. The Balaban J connectivity index is 1.63. The Morgan fingerprint density at radius 3 is 2.89 bits per heavy atom. The van der Waals surface area contributed by atoms with E-state index in [2.05, 4.69) is 30.3 Å². The van der Waals surface area contributed by atoms with E-state index in [1.165, 1.54) is 10.4 Å². The lowest BCUT2D eigenvalue weighted by atomic mass is 9.98. The summed E-state index contributed by atoms with van der Waals surface area (Å²) in [6.45, 7) is 5.37. The summed E-state index contributed by atoms with van der Waals surface area (Å²) in [6, 6.07) is 2.06. The Morgan fingerprint density at radius 1 is 1.53 bits per heavy atom. The maximum Gasteiger partial charge on any atom is 0.407 e. The minimum absolute atomic E-state index is 0.299. The average molecular weight is 282 g/mol. The van der Waals surface area contributed by atoms with Crippen LogP contribution in [0, 0.1) is 12.8 Å². The van der Waals surface area contributed by atoms with Crippen LogP contribution in [-0.4, -0.2) is 37.7 Å². The molecule has 19 heavy (non-hydrogen) atoms. The van der Waals surface area contributed by atoms with Crippen molar-refractivity contribution in [3.63, 3.8) is 0 Å². The van der Waals surface area contributed by atoms with E-state index < -0.39 is 0 Å². The smallest absolute Gasteiger partial charge is 0.407 e. The van der Waals surface area contributed by atoms with E-state index in [4.69, 9.17) is 4.74 Å². The monoisotopic (exact) mass is 282 g/mol. The van der Waals surface area contributed by atoms with Crippen LogP contribution in [0.25, 0.3) is 0 Å². The number of likely N-dealkylation sites (tertiary alicyclic amines) is 1. The summed E-state index contributed by atoms with van der Waals surface area (Å²) in [5, 5.41) is 4.85. The van der Waals surface area contributed by atoms with Gasteiger partial charge in [-0.05, 0) is 62.8 Å². The largest absolute Gasteiger partial charge is 0.449 e. The van der Waals surface area contributed by atoms with Crippen LogP contribution in [0.1, 0.15) is 23.3 Å². The van der Waals surface area contributed by atoms with Gasteiger partial charge in [-0.2, -0.15) is 0 Å². The number of alkyl carbamates (subject to hydrolysis) is 1. The van der Waals surface area contributed by atoms with Crippen molar-refractivity contribution in [3.05, 3.63) is 21.9 Å². The molecule has 0 bridgehead atoms. The summed E-state index contributed by atoms with van der Waals surface area (Å²) in [5.41, 5.74) is 1.22. The lowest BCUT2D eigenvalue weighted by Crippen LogP contribution is -2.33. The van der Waals surface area contributed by atoms with Crippen molar-refractivity contribution in [3.8, 4) is 0 Å². The predicted octanol–water partition coefficient (Wildman–Crippen LogP) is 2.62. The molecule has 106 valence electrons. The first-order chi connectivity index (χ1) is 9.15. The Morgan fingerprint density at radius 2 is 2.26 bits per heavy atom. The highest BCUT2D eigenvalue weighted by molar-refractivity contribution is 7.10. The molecular weight excluding hydrogens is 260 g/mol. The number of ether oxygens (including phenoxy) is 1. The summed E-state index contributed by atoms with van der Waals surface area (Å²) < 4.78 is 5.29. The van der Waals surface area contributed by atoms with Crippen LogP contribution < -0.4 is 5.32 Å². The summed E-state index contributed by atoms with van der Waals surface area (Å²) >= 11 is 1.66. The molecule has 5 heteroatoms. The highest BCUT2D eigenvalue weighted by atomic mass is 32.1. The van der Waals surface area contributed by atoms with Crippen molar-refractivity contribution in [2.75, 3.05) is 26.7 Å². The zero-order valence-electron chi connectivity index (χ0n) is 11.6. The van der Waals surface area contributed by atoms with Crippen molar-refractivity contribution in [1.29, 1.82) is 0 Å². The van der Waals surface area contributed by atoms with Crippen LogP contribution in [0.3, 0.4) is 0 Å². The molecule has 1 saturated heterocycles. The number of thiophene rings is 1. The van der Waals surface area contributed by atoms with Gasteiger partial charge in [0.1, 0.15) is 0 Å². The molecule has 2 heterocycles.